The molecular formula is C18H26N2O3. The van der Waals surface area contributed by atoms with E-state index >= 15 is 0 Å². The lowest BCUT2D eigenvalue weighted by Gasteiger charge is -2.21. The summed E-state index contributed by atoms with van der Waals surface area (Å²) < 4.78 is 5.41. The molecule has 0 aromatic heterocycles. The molecule has 2 aliphatic rings. The Bertz CT molecular complexity index is 535. The molecule has 1 fully saturated rings. The van der Waals surface area contributed by atoms with Gasteiger partial charge < -0.3 is 19.6 Å². The van der Waals surface area contributed by atoms with Crippen LogP contribution in [0, 0.1) is 0 Å². The first-order chi connectivity index (χ1) is 11.3. The number of benzene rings is 1. The first kappa shape index (κ1) is 16.3. The zero-order valence-corrected chi connectivity index (χ0v) is 13.6. The third kappa shape index (κ3) is 3.85. The lowest BCUT2D eigenvalue weighted by atomic mass is 9.98. The number of carbonyl (C=O) groups is 1. The molecule has 0 bridgehead atoms. The summed E-state index contributed by atoms with van der Waals surface area (Å²) in [7, 11) is 0. The third-order valence-corrected chi connectivity index (χ3v) is 4.82. The first-order valence-corrected chi connectivity index (χ1v) is 8.60. The van der Waals surface area contributed by atoms with Crippen molar-refractivity contribution in [1.82, 2.24) is 4.90 Å². The molecule has 2 aliphatic heterocycles. The normalized spacial score (nSPS) is 20.4. The number of hydrogen-bond acceptors (Lipinski definition) is 4. The summed E-state index contributed by atoms with van der Waals surface area (Å²) >= 11 is 0. The van der Waals surface area contributed by atoms with Crippen LogP contribution in [0.1, 0.15) is 30.7 Å². The Morgan fingerprint density at radius 3 is 2.83 bits per heavy atom. The number of carbonyl (C=O) groups excluding carboxylic acids is 1. The first-order valence-electron chi connectivity index (χ1n) is 8.60. The molecule has 5 heteroatoms. The SMILES string of the molecule is O=C1CCCN1CCC1CN(CCOCCO)c2ccccc21. The number of amides is 1. The average Bonchev–Trinajstić information content (AvgIpc) is 3.14. The van der Waals surface area contributed by atoms with Crippen molar-refractivity contribution in [1.29, 1.82) is 0 Å². The maximum Gasteiger partial charge on any atom is 0.222 e. The monoisotopic (exact) mass is 318 g/mol. The molecule has 0 aliphatic carbocycles. The second kappa shape index (κ2) is 7.79. The van der Waals surface area contributed by atoms with Crippen molar-refractivity contribution in [2.24, 2.45) is 0 Å². The molecule has 1 aromatic carbocycles. The van der Waals surface area contributed by atoms with Gasteiger partial charge in [0.2, 0.25) is 5.91 Å². The van der Waals surface area contributed by atoms with Crippen LogP contribution in [0.4, 0.5) is 5.69 Å². The van der Waals surface area contributed by atoms with Gasteiger partial charge in [0.05, 0.1) is 19.8 Å². The molecule has 0 radical (unpaired) electrons. The largest absolute Gasteiger partial charge is 0.394 e. The van der Waals surface area contributed by atoms with Gasteiger partial charge in [0, 0.05) is 44.2 Å². The number of hydrogen-bond donors (Lipinski definition) is 1. The summed E-state index contributed by atoms with van der Waals surface area (Å²) in [5, 5.41) is 8.78. The van der Waals surface area contributed by atoms with Crippen molar-refractivity contribution < 1.29 is 14.6 Å². The van der Waals surface area contributed by atoms with E-state index in [1.54, 1.807) is 0 Å². The van der Waals surface area contributed by atoms with Crippen molar-refractivity contribution in [3.05, 3.63) is 29.8 Å². The Labute approximate surface area is 137 Å². The highest BCUT2D eigenvalue weighted by atomic mass is 16.5. The zero-order chi connectivity index (χ0) is 16.1. The van der Waals surface area contributed by atoms with E-state index in [1.165, 1.54) is 11.3 Å². The molecule has 1 amide bonds. The lowest BCUT2D eigenvalue weighted by molar-refractivity contribution is -0.127. The number of para-hydroxylation sites is 1. The van der Waals surface area contributed by atoms with Gasteiger partial charge in [0.15, 0.2) is 0 Å². The van der Waals surface area contributed by atoms with Crippen LogP contribution in [0.15, 0.2) is 24.3 Å². The van der Waals surface area contributed by atoms with E-state index < -0.39 is 0 Å². The Morgan fingerprint density at radius 2 is 2.04 bits per heavy atom. The quantitative estimate of drug-likeness (QED) is 0.740. The molecule has 0 spiro atoms. The minimum Gasteiger partial charge on any atom is -0.394 e. The minimum atomic E-state index is 0.0725. The Balaban J connectivity index is 1.57. The van der Waals surface area contributed by atoms with E-state index in [1.807, 2.05) is 4.90 Å². The molecule has 23 heavy (non-hydrogen) atoms. The van der Waals surface area contributed by atoms with Gasteiger partial charge in [-0.25, -0.2) is 0 Å². The molecule has 3 rings (SSSR count). The fraction of sp³-hybridized carbons (Fsp3) is 0.611. The average molecular weight is 318 g/mol. The molecule has 1 atom stereocenters. The van der Waals surface area contributed by atoms with Crippen LogP contribution in [-0.2, 0) is 9.53 Å². The van der Waals surface area contributed by atoms with Gasteiger partial charge in [-0.05, 0) is 24.5 Å². The molecule has 1 N–H and O–H groups in total. The highest BCUT2D eigenvalue weighted by Gasteiger charge is 2.29. The summed E-state index contributed by atoms with van der Waals surface area (Å²) in [6, 6.07) is 8.55. The van der Waals surface area contributed by atoms with Crippen LogP contribution in [0.25, 0.3) is 0 Å². The van der Waals surface area contributed by atoms with Crippen LogP contribution < -0.4 is 4.90 Å². The van der Waals surface area contributed by atoms with Gasteiger partial charge >= 0.3 is 0 Å². The van der Waals surface area contributed by atoms with Crippen molar-refractivity contribution in [3.8, 4) is 0 Å². The molecule has 5 nitrogen and oxygen atoms in total. The van der Waals surface area contributed by atoms with Crippen molar-refractivity contribution in [3.63, 3.8) is 0 Å². The maximum absolute atomic E-state index is 11.8. The topological polar surface area (TPSA) is 53.0 Å². The van der Waals surface area contributed by atoms with Crippen LogP contribution >= 0.6 is 0 Å². The highest BCUT2D eigenvalue weighted by Crippen LogP contribution is 2.37. The highest BCUT2D eigenvalue weighted by molar-refractivity contribution is 5.78. The van der Waals surface area contributed by atoms with E-state index in [2.05, 4.69) is 29.2 Å². The van der Waals surface area contributed by atoms with E-state index in [-0.39, 0.29) is 6.61 Å². The summed E-state index contributed by atoms with van der Waals surface area (Å²) in [6.07, 6.45) is 2.75. The second-order valence-corrected chi connectivity index (χ2v) is 6.31. The lowest BCUT2D eigenvalue weighted by Crippen LogP contribution is -2.29. The number of anilines is 1. The zero-order valence-electron chi connectivity index (χ0n) is 13.6. The number of aliphatic hydroxyl groups excluding tert-OH is 1. The summed E-state index contributed by atoms with van der Waals surface area (Å²) in [4.78, 5) is 16.1. The van der Waals surface area contributed by atoms with Gasteiger partial charge in [-0.1, -0.05) is 18.2 Å². The number of rotatable bonds is 8. The number of fused-ring (bicyclic) bond motifs is 1. The van der Waals surface area contributed by atoms with Gasteiger partial charge in [-0.3, -0.25) is 4.79 Å². The predicted octanol–water partition coefficient (Wildman–Crippen LogP) is 1.61. The third-order valence-electron chi connectivity index (χ3n) is 4.82. The summed E-state index contributed by atoms with van der Waals surface area (Å²) in [5.74, 6) is 0.794. The number of aliphatic hydroxyl groups is 1. The number of ether oxygens (including phenoxy) is 1. The van der Waals surface area contributed by atoms with Gasteiger partial charge in [0.1, 0.15) is 0 Å². The van der Waals surface area contributed by atoms with E-state index in [0.717, 1.165) is 45.4 Å². The molecule has 2 heterocycles. The van der Waals surface area contributed by atoms with Crippen LogP contribution in [0.3, 0.4) is 0 Å². The predicted molar refractivity (Wildman–Crippen MR) is 89.7 cm³/mol. The number of nitrogens with zero attached hydrogens (tertiary/aromatic N) is 2. The Morgan fingerprint density at radius 1 is 1.17 bits per heavy atom. The van der Waals surface area contributed by atoms with Gasteiger partial charge in [-0.15, -0.1) is 0 Å². The molecule has 1 aromatic rings. The second-order valence-electron chi connectivity index (χ2n) is 6.31. The molecule has 126 valence electrons. The molecule has 0 saturated carbocycles. The Hall–Kier alpha value is -1.59. The van der Waals surface area contributed by atoms with Crippen molar-refractivity contribution >= 4 is 11.6 Å². The fourth-order valence-electron chi connectivity index (χ4n) is 3.64. The standard InChI is InChI=1S/C18H26N2O3/c21-11-13-23-12-10-20-14-15(16-4-1-2-5-17(16)20)7-9-19-8-3-6-18(19)22/h1-2,4-5,15,21H,3,6-14H2. The summed E-state index contributed by atoms with van der Waals surface area (Å²) in [5.41, 5.74) is 2.68. The number of likely N-dealkylation sites (tertiary alicyclic amines) is 1. The van der Waals surface area contributed by atoms with Crippen LogP contribution in [-0.4, -0.2) is 61.9 Å². The summed E-state index contributed by atoms with van der Waals surface area (Å²) in [6.45, 7) is 4.73. The van der Waals surface area contributed by atoms with E-state index in [4.69, 9.17) is 9.84 Å². The van der Waals surface area contributed by atoms with Crippen LogP contribution in [0.5, 0.6) is 0 Å². The Kier molecular flexibility index (Phi) is 5.51. The van der Waals surface area contributed by atoms with Crippen molar-refractivity contribution in [2.45, 2.75) is 25.2 Å². The van der Waals surface area contributed by atoms with Gasteiger partial charge in [-0.2, -0.15) is 0 Å². The minimum absolute atomic E-state index is 0.0725. The smallest absolute Gasteiger partial charge is 0.222 e. The van der Waals surface area contributed by atoms with E-state index in [0.29, 0.717) is 25.0 Å². The molecule has 1 saturated heterocycles. The maximum atomic E-state index is 11.8. The molecule has 1 unspecified atom stereocenters. The van der Waals surface area contributed by atoms with Gasteiger partial charge in [0.25, 0.3) is 0 Å². The fourth-order valence-corrected chi connectivity index (χ4v) is 3.64. The molecular weight excluding hydrogens is 292 g/mol. The van der Waals surface area contributed by atoms with Crippen molar-refractivity contribution in [2.75, 3.05) is 50.9 Å². The van der Waals surface area contributed by atoms with Crippen LogP contribution in [0.2, 0.25) is 0 Å². The van der Waals surface area contributed by atoms with E-state index in [9.17, 15) is 4.79 Å².